The van der Waals surface area contributed by atoms with E-state index < -0.39 is 224 Å². The van der Waals surface area contributed by atoms with Crippen molar-refractivity contribution >= 4 is 0 Å². The molecule has 0 spiro atoms. The molecule has 0 aromatic rings. The molecule has 0 aromatic carbocycles. The lowest BCUT2D eigenvalue weighted by Crippen LogP contribution is -2.71. The minimum atomic E-state index is -3.46. The third kappa shape index (κ3) is 10.1. The molecule has 0 aliphatic carbocycles. The van der Waals surface area contributed by atoms with Gasteiger partial charge in [0.1, 0.15) is 140 Å². The van der Waals surface area contributed by atoms with Crippen LogP contribution in [0.4, 0.5) is 0 Å². The van der Waals surface area contributed by atoms with Crippen LogP contribution in [0, 0.1) is 0 Å². The zero-order chi connectivity index (χ0) is 49.0. The lowest BCUT2D eigenvalue weighted by Gasteiger charge is -2.52. The minimum Gasteiger partial charge on any atom is -0.394 e. The normalized spacial score (nSPS) is 55.8. The molecule has 22 fully saturated rings. The molecule has 0 unspecified atom stereocenters. The van der Waals surface area contributed by atoms with Gasteiger partial charge >= 0.3 is 5.97 Å². The molecular weight excluding hydrogens is 928 g/mol. The van der Waals surface area contributed by atoms with Crippen LogP contribution >= 0.6 is 0 Å². The van der Waals surface area contributed by atoms with Crippen molar-refractivity contribution in [3.63, 3.8) is 0 Å². The van der Waals surface area contributed by atoms with E-state index in [2.05, 4.69) is 0 Å². The fourth-order valence-corrected chi connectivity index (χ4v) is 8.99. The number of ether oxygens (including phenoxy) is 12. The Morgan fingerprint density at radius 1 is 0.254 bits per heavy atom. The summed E-state index contributed by atoms with van der Waals surface area (Å²) in [5.41, 5.74) is 0. The molecule has 31 heteroatoms. The third-order valence-electron chi connectivity index (χ3n) is 12.8. The average Bonchev–Trinajstić information content (AvgIpc) is 3.32. The quantitative estimate of drug-likeness (QED) is 0.117. The van der Waals surface area contributed by atoms with E-state index >= 15 is 0 Å². The van der Waals surface area contributed by atoms with Crippen molar-refractivity contribution in [3.8, 4) is 0 Å². The number of aliphatic hydroxyl groups is 19. The zero-order valence-electron chi connectivity index (χ0n) is 34.9. The van der Waals surface area contributed by atoms with Crippen molar-refractivity contribution in [2.75, 3.05) is 39.6 Å². The Morgan fingerprint density at radius 2 is 0.478 bits per heavy atom. The summed E-state index contributed by atoms with van der Waals surface area (Å²) in [5.74, 6) is -3.46. The van der Waals surface area contributed by atoms with Crippen molar-refractivity contribution in [3.05, 3.63) is 0 Å². The van der Waals surface area contributed by atoms with E-state index in [9.17, 15) is 97.0 Å². The maximum absolute atomic E-state index is 11.4. The number of aliphatic hydroxyl groups excluding tert-OH is 18. The zero-order valence-corrected chi connectivity index (χ0v) is 34.9. The minimum absolute atomic E-state index is 1.02. The van der Waals surface area contributed by atoms with Crippen molar-refractivity contribution in [2.24, 2.45) is 0 Å². The predicted octanol–water partition coefficient (Wildman–Crippen LogP) is -13.7. The first-order valence-electron chi connectivity index (χ1n) is 21.2. The van der Waals surface area contributed by atoms with Gasteiger partial charge in [0.15, 0.2) is 37.6 Å². The topological polar surface area (TPSA) is 495 Å². The smallest absolute Gasteiger partial charge is 0.311 e. The van der Waals surface area contributed by atoms with E-state index in [1.54, 1.807) is 0 Å². The van der Waals surface area contributed by atoms with Crippen LogP contribution in [0.15, 0.2) is 0 Å². The summed E-state index contributed by atoms with van der Waals surface area (Å²) >= 11 is 0. The molecule has 19 N–H and O–H groups in total. The fraction of sp³-hybridized carbons (Fsp3) is 1.00. The highest BCUT2D eigenvalue weighted by Crippen LogP contribution is 2.40. The maximum Gasteiger partial charge on any atom is 0.311 e. The molecule has 0 amide bonds. The van der Waals surface area contributed by atoms with Gasteiger partial charge in [-0.15, -0.1) is 0 Å². The highest BCUT2D eigenvalue weighted by molar-refractivity contribution is 5.01. The first-order valence-corrected chi connectivity index (χ1v) is 21.2. The van der Waals surface area contributed by atoms with Crippen LogP contribution in [0.3, 0.4) is 0 Å². The molecule has 31 nitrogen and oxygen atoms in total. The largest absolute Gasteiger partial charge is 0.394 e. The van der Waals surface area contributed by atoms with Crippen molar-refractivity contribution < 1.29 is 154 Å². The van der Waals surface area contributed by atoms with Crippen LogP contribution in [-0.2, 0) is 56.8 Å². The summed E-state index contributed by atoms with van der Waals surface area (Å²) in [6.45, 7) is -6.41. The SMILES string of the molecule is OC[C@H]1O[C@@H]2O[C@H]3[C@H](O)[C@@H](O)[C@@H](O[C@H]4[C@H](O)[C@@H](O)[C@@H](O[C@H]5[C@H](O)[C@@H](O)[C@@](O)(O[C@H]6[C@H](O)[C@@H](O)[C@@H](O[C@H]7[C@H](O)[C@@H](O)[C@@H](O[C@H]1[C@H](O)[C@H]2O)O[C@@H]7CO)O[C@@H]6CO)O[C@@H]5CO)O[C@@H]4CO)O[C@@H]3CO. The average molecular weight is 989 g/mol. The van der Waals surface area contributed by atoms with Crippen LogP contribution in [0.2, 0.25) is 0 Å². The van der Waals surface area contributed by atoms with Crippen LogP contribution < -0.4 is 0 Å². The monoisotopic (exact) mass is 988 g/mol. The second-order valence-corrected chi connectivity index (χ2v) is 17.0. The number of hydrogen-bond donors (Lipinski definition) is 19. The second-order valence-electron chi connectivity index (χ2n) is 17.0. The van der Waals surface area contributed by atoms with Gasteiger partial charge in [0, 0.05) is 0 Å². The van der Waals surface area contributed by atoms with Gasteiger partial charge in [0.05, 0.1) is 39.6 Å². The Bertz CT molecular complexity index is 1560. The molecule has 390 valence electrons. The number of rotatable bonds is 6. The summed E-state index contributed by atoms with van der Waals surface area (Å²) in [7, 11) is 0. The van der Waals surface area contributed by atoms with Gasteiger partial charge in [-0.2, -0.15) is 0 Å². The van der Waals surface area contributed by atoms with Gasteiger partial charge in [-0.1, -0.05) is 0 Å². The first-order chi connectivity index (χ1) is 31.8. The summed E-state index contributed by atoms with van der Waals surface area (Å²) in [6.07, 6.45) is -59.4. The van der Waals surface area contributed by atoms with E-state index in [0.717, 1.165) is 0 Å². The van der Waals surface area contributed by atoms with Gasteiger partial charge < -0.3 is 154 Å². The highest BCUT2D eigenvalue weighted by Gasteiger charge is 2.62. The Hall–Kier alpha value is -1.24. The predicted molar refractivity (Wildman–Crippen MR) is 197 cm³/mol. The summed E-state index contributed by atoms with van der Waals surface area (Å²) in [4.78, 5) is 0. The molecule has 67 heavy (non-hydrogen) atoms. The van der Waals surface area contributed by atoms with E-state index in [4.69, 9.17) is 56.8 Å². The van der Waals surface area contributed by atoms with Gasteiger partial charge in [0.25, 0.3) is 0 Å². The van der Waals surface area contributed by atoms with E-state index in [1.165, 1.54) is 0 Å². The highest BCUT2D eigenvalue weighted by atomic mass is 16.9. The molecule has 0 saturated carbocycles. The summed E-state index contributed by atoms with van der Waals surface area (Å²) in [5, 5.41) is 207. The fourth-order valence-electron chi connectivity index (χ4n) is 8.99. The van der Waals surface area contributed by atoms with Crippen molar-refractivity contribution in [1.82, 2.24) is 0 Å². The van der Waals surface area contributed by atoms with E-state index in [-0.39, 0.29) is 0 Å². The Kier molecular flexibility index (Phi) is 17.5. The first kappa shape index (κ1) is 53.6. The lowest BCUT2D eigenvalue weighted by molar-refractivity contribution is -0.481. The molecule has 0 aromatic heterocycles. The second kappa shape index (κ2) is 21.9. The molecule has 12 bridgehead atoms. The van der Waals surface area contributed by atoms with Crippen LogP contribution in [0.25, 0.3) is 0 Å². The van der Waals surface area contributed by atoms with Crippen LogP contribution in [0.5, 0.6) is 0 Å². The summed E-state index contributed by atoms with van der Waals surface area (Å²) < 4.78 is 67.1. The molecule has 22 saturated heterocycles. The summed E-state index contributed by atoms with van der Waals surface area (Å²) in [6, 6.07) is 0. The Labute approximate surface area is 377 Å². The van der Waals surface area contributed by atoms with E-state index in [1.807, 2.05) is 0 Å². The molecule has 22 aliphatic heterocycles. The third-order valence-corrected chi connectivity index (χ3v) is 12.8. The van der Waals surface area contributed by atoms with E-state index in [0.29, 0.717) is 0 Å². The lowest BCUT2D eigenvalue weighted by atomic mass is 9.94. The van der Waals surface area contributed by atoms with Gasteiger partial charge in [-0.25, -0.2) is 0 Å². The van der Waals surface area contributed by atoms with Crippen LogP contribution in [-0.4, -0.2) is 321 Å². The van der Waals surface area contributed by atoms with Crippen LogP contribution in [0.1, 0.15) is 0 Å². The number of hydrogen-bond acceptors (Lipinski definition) is 31. The maximum atomic E-state index is 11.4. The molecule has 0 radical (unpaired) electrons. The molecule has 22 heterocycles. The Balaban J connectivity index is 1.20. The van der Waals surface area contributed by atoms with Crippen molar-refractivity contribution in [1.29, 1.82) is 0 Å². The van der Waals surface area contributed by atoms with Gasteiger partial charge in [-0.3, -0.25) is 0 Å². The molecule has 30 atom stereocenters. The van der Waals surface area contributed by atoms with Gasteiger partial charge in [0.2, 0.25) is 0 Å². The molecule has 22 aliphatic rings. The van der Waals surface area contributed by atoms with Crippen molar-refractivity contribution in [2.45, 2.75) is 184 Å². The molecular formula is C36H60O31. The standard InChI is InChI=1S/C36H60O31/c37-1-7-25-13(43)18(48)31(56-7)61-24-8(2-38)57-32(19(49)14(24)44)63-26-10(4-40)59-34(21(51)16(26)46)65-28-12(6-42)66-36(55,30(54)23(28)53)67-29-11(5-41)60-35(22(52)17(29)47)64-27-9(3-39)58-33(62-25)20(50)15(27)45/h7-35,37-55H,1-6H2/t7-,8-,9-,10-,11-,12-,13-,14-,15-,16-,17-,18-,19-,20-,21-,22-,23+,24-,25-,26-,27-,28-,29-,30-,31-,32-,33-,34-,35-,36+/m1/s1. The Morgan fingerprint density at radius 3 is 0.731 bits per heavy atom. The molecule has 22 rings (SSSR count). The van der Waals surface area contributed by atoms with Gasteiger partial charge in [-0.05, 0) is 0 Å².